The number of carboxylic acids is 1. The largest absolute Gasteiger partial charge is 0.490 e. The van der Waals surface area contributed by atoms with Crippen molar-refractivity contribution in [1.82, 2.24) is 5.32 Å². The van der Waals surface area contributed by atoms with Gasteiger partial charge >= 0.3 is 5.97 Å². The maximum absolute atomic E-state index is 12.3. The number of rotatable bonds is 9. The summed E-state index contributed by atoms with van der Waals surface area (Å²) < 4.78 is 11.2. The van der Waals surface area contributed by atoms with Gasteiger partial charge < -0.3 is 19.9 Å². The van der Waals surface area contributed by atoms with Crippen molar-refractivity contribution in [2.45, 2.75) is 26.8 Å². The highest BCUT2D eigenvalue weighted by molar-refractivity contribution is 7.13. The van der Waals surface area contributed by atoms with Gasteiger partial charge in [0.15, 0.2) is 11.5 Å². The van der Waals surface area contributed by atoms with Gasteiger partial charge in [-0.2, -0.15) is 0 Å². The lowest BCUT2D eigenvalue weighted by molar-refractivity contribution is 0.0702. The van der Waals surface area contributed by atoms with Gasteiger partial charge in [-0.15, -0.1) is 11.3 Å². The fourth-order valence-electron chi connectivity index (χ4n) is 2.11. The maximum Gasteiger partial charge on any atom is 0.345 e. The van der Waals surface area contributed by atoms with Crippen LogP contribution in [0.3, 0.4) is 0 Å². The van der Waals surface area contributed by atoms with E-state index < -0.39 is 5.97 Å². The van der Waals surface area contributed by atoms with Gasteiger partial charge in [0, 0.05) is 10.4 Å². The zero-order chi connectivity index (χ0) is 18.2. The van der Waals surface area contributed by atoms with E-state index >= 15 is 0 Å². The predicted molar refractivity (Wildman–Crippen MR) is 95.8 cm³/mol. The standard InChI is InChI=1S/C18H21NO5S/c1-3-9-24-14-7-5-12(10-15(14)23-4-2)17(20)19-11-13-6-8-16(25-13)18(21)22/h5-8,10H,3-4,9,11H2,1-2H3,(H,19,20)(H,21,22). The minimum absolute atomic E-state index is 0.250. The van der Waals surface area contributed by atoms with Crippen molar-refractivity contribution in [1.29, 1.82) is 0 Å². The number of thiophene rings is 1. The lowest BCUT2D eigenvalue weighted by Crippen LogP contribution is -2.22. The van der Waals surface area contributed by atoms with Crippen LogP contribution < -0.4 is 14.8 Å². The molecule has 0 radical (unpaired) electrons. The number of nitrogens with one attached hydrogen (secondary N) is 1. The van der Waals surface area contributed by atoms with E-state index in [-0.39, 0.29) is 17.3 Å². The van der Waals surface area contributed by atoms with Gasteiger partial charge in [-0.25, -0.2) is 4.79 Å². The van der Waals surface area contributed by atoms with Crippen molar-refractivity contribution in [2.24, 2.45) is 0 Å². The normalized spacial score (nSPS) is 10.3. The first-order valence-electron chi connectivity index (χ1n) is 8.05. The Kier molecular flexibility index (Phi) is 6.82. The Bertz CT molecular complexity index is 741. The second kappa shape index (κ2) is 9.08. The van der Waals surface area contributed by atoms with Crippen LogP contribution in [0.4, 0.5) is 0 Å². The number of hydrogen-bond acceptors (Lipinski definition) is 5. The van der Waals surface area contributed by atoms with E-state index in [9.17, 15) is 9.59 Å². The second-order valence-electron chi connectivity index (χ2n) is 5.20. The molecular weight excluding hydrogens is 342 g/mol. The fraction of sp³-hybridized carbons (Fsp3) is 0.333. The van der Waals surface area contributed by atoms with Gasteiger partial charge in [0.25, 0.3) is 5.91 Å². The van der Waals surface area contributed by atoms with Crippen molar-refractivity contribution in [3.63, 3.8) is 0 Å². The van der Waals surface area contributed by atoms with Crippen LogP contribution in [-0.4, -0.2) is 30.2 Å². The number of carboxylic acid groups (broad SMARTS) is 1. The first-order chi connectivity index (χ1) is 12.0. The van der Waals surface area contributed by atoms with Crippen LogP contribution in [0.5, 0.6) is 11.5 Å². The zero-order valence-corrected chi connectivity index (χ0v) is 15.0. The van der Waals surface area contributed by atoms with Gasteiger partial charge in [-0.1, -0.05) is 6.92 Å². The molecule has 0 atom stereocenters. The summed E-state index contributed by atoms with van der Waals surface area (Å²) >= 11 is 1.14. The zero-order valence-electron chi connectivity index (χ0n) is 14.2. The third-order valence-electron chi connectivity index (χ3n) is 3.26. The van der Waals surface area contributed by atoms with Crippen LogP contribution in [0.1, 0.15) is 45.2 Å². The highest BCUT2D eigenvalue weighted by Crippen LogP contribution is 2.28. The molecule has 0 unspecified atom stereocenters. The Hall–Kier alpha value is -2.54. The molecule has 0 bridgehead atoms. The third kappa shape index (κ3) is 5.22. The van der Waals surface area contributed by atoms with Crippen molar-refractivity contribution >= 4 is 23.2 Å². The molecule has 25 heavy (non-hydrogen) atoms. The van der Waals surface area contributed by atoms with E-state index in [2.05, 4.69) is 5.32 Å². The number of ether oxygens (including phenoxy) is 2. The SMILES string of the molecule is CCCOc1ccc(C(=O)NCc2ccc(C(=O)O)s2)cc1OCC. The number of amides is 1. The molecule has 0 saturated heterocycles. The summed E-state index contributed by atoms with van der Waals surface area (Å²) in [5.74, 6) is -0.0719. The van der Waals surface area contributed by atoms with E-state index in [1.54, 1.807) is 24.3 Å². The highest BCUT2D eigenvalue weighted by atomic mass is 32.1. The Labute approximate surface area is 150 Å². The molecule has 6 nitrogen and oxygen atoms in total. The first-order valence-corrected chi connectivity index (χ1v) is 8.86. The summed E-state index contributed by atoms with van der Waals surface area (Å²) in [6.07, 6.45) is 0.882. The molecule has 1 aromatic heterocycles. The van der Waals surface area contributed by atoms with E-state index in [0.29, 0.717) is 30.3 Å². The fourth-order valence-corrected chi connectivity index (χ4v) is 2.89. The van der Waals surface area contributed by atoms with E-state index in [0.717, 1.165) is 22.6 Å². The third-order valence-corrected chi connectivity index (χ3v) is 4.34. The van der Waals surface area contributed by atoms with Gasteiger partial charge in [0.1, 0.15) is 4.88 Å². The minimum Gasteiger partial charge on any atom is -0.490 e. The minimum atomic E-state index is -0.966. The predicted octanol–water partition coefficient (Wildman–Crippen LogP) is 3.56. The summed E-state index contributed by atoms with van der Waals surface area (Å²) in [6.45, 7) is 5.21. The van der Waals surface area contributed by atoms with Gasteiger partial charge in [-0.3, -0.25) is 4.79 Å². The quantitative estimate of drug-likeness (QED) is 0.711. The average Bonchev–Trinajstić information content (AvgIpc) is 3.08. The van der Waals surface area contributed by atoms with Crippen LogP contribution in [0.2, 0.25) is 0 Å². The first kappa shape index (κ1) is 18.8. The number of carbonyl (C=O) groups is 2. The molecule has 2 N–H and O–H groups in total. The highest BCUT2D eigenvalue weighted by Gasteiger charge is 2.13. The Morgan fingerprint density at radius 3 is 2.56 bits per heavy atom. The van der Waals surface area contributed by atoms with Crippen molar-refractivity contribution < 1.29 is 24.2 Å². The van der Waals surface area contributed by atoms with Gasteiger partial charge in [0.05, 0.1) is 19.8 Å². The second-order valence-corrected chi connectivity index (χ2v) is 6.37. The summed E-state index contributed by atoms with van der Waals surface area (Å²) in [4.78, 5) is 24.2. The van der Waals surface area contributed by atoms with Crippen LogP contribution in [0.15, 0.2) is 30.3 Å². The molecule has 0 saturated carbocycles. The molecular formula is C18H21NO5S. The molecule has 0 aliphatic heterocycles. The molecule has 0 aliphatic carbocycles. The molecule has 0 aliphatic rings. The molecule has 1 heterocycles. The van der Waals surface area contributed by atoms with Crippen molar-refractivity contribution in [2.75, 3.05) is 13.2 Å². The maximum atomic E-state index is 12.3. The van der Waals surface area contributed by atoms with E-state index in [4.69, 9.17) is 14.6 Å². The number of carbonyl (C=O) groups excluding carboxylic acids is 1. The van der Waals surface area contributed by atoms with Crippen LogP contribution in [0, 0.1) is 0 Å². The number of hydrogen-bond donors (Lipinski definition) is 2. The molecule has 0 fully saturated rings. The van der Waals surface area contributed by atoms with Crippen LogP contribution in [-0.2, 0) is 6.54 Å². The monoisotopic (exact) mass is 363 g/mol. The Morgan fingerprint density at radius 1 is 1.12 bits per heavy atom. The van der Waals surface area contributed by atoms with E-state index in [1.807, 2.05) is 13.8 Å². The lowest BCUT2D eigenvalue weighted by atomic mass is 10.2. The van der Waals surface area contributed by atoms with Gasteiger partial charge in [0.2, 0.25) is 0 Å². The Morgan fingerprint density at radius 2 is 1.92 bits per heavy atom. The summed E-state index contributed by atoms with van der Waals surface area (Å²) in [6, 6.07) is 8.29. The molecule has 2 aromatic rings. The number of benzene rings is 1. The smallest absolute Gasteiger partial charge is 0.345 e. The summed E-state index contributed by atoms with van der Waals surface area (Å²) in [7, 11) is 0. The molecule has 7 heteroatoms. The van der Waals surface area contributed by atoms with Crippen molar-refractivity contribution in [3.8, 4) is 11.5 Å². The molecule has 2 rings (SSSR count). The summed E-state index contributed by atoms with van der Waals surface area (Å²) in [5, 5.41) is 11.7. The van der Waals surface area contributed by atoms with Crippen LogP contribution in [0.25, 0.3) is 0 Å². The van der Waals surface area contributed by atoms with E-state index in [1.165, 1.54) is 6.07 Å². The van der Waals surface area contributed by atoms with Crippen LogP contribution >= 0.6 is 11.3 Å². The average molecular weight is 363 g/mol. The summed E-state index contributed by atoms with van der Waals surface area (Å²) in [5.41, 5.74) is 0.460. The molecule has 0 spiro atoms. The molecule has 1 amide bonds. The molecule has 1 aromatic carbocycles. The Balaban J connectivity index is 2.04. The number of aromatic carboxylic acids is 1. The molecule has 134 valence electrons. The topological polar surface area (TPSA) is 84.9 Å². The lowest BCUT2D eigenvalue weighted by Gasteiger charge is -2.13. The van der Waals surface area contributed by atoms with Gasteiger partial charge in [-0.05, 0) is 43.7 Å². The van der Waals surface area contributed by atoms with Crippen molar-refractivity contribution in [3.05, 3.63) is 45.6 Å².